The minimum atomic E-state index is 0.250. The first-order valence-corrected chi connectivity index (χ1v) is 4.96. The van der Waals surface area contributed by atoms with Crippen molar-refractivity contribution >= 4 is 0 Å². The molecule has 0 bridgehead atoms. The topological polar surface area (TPSA) is 40.5 Å². The van der Waals surface area contributed by atoms with Gasteiger partial charge in [0.05, 0.1) is 0 Å². The quantitative estimate of drug-likeness (QED) is 0.727. The van der Waals surface area contributed by atoms with Gasteiger partial charge in [0, 0.05) is 13.2 Å². The summed E-state index contributed by atoms with van der Waals surface area (Å²) >= 11 is 0. The molecular formula is C12H22O2. The van der Waals surface area contributed by atoms with Gasteiger partial charge in [0.1, 0.15) is 0 Å². The van der Waals surface area contributed by atoms with Crippen LogP contribution >= 0.6 is 0 Å². The van der Waals surface area contributed by atoms with Crippen LogP contribution in [0.4, 0.5) is 0 Å². The molecule has 82 valence electrons. The Bertz CT molecular complexity index is 171. The van der Waals surface area contributed by atoms with Gasteiger partial charge in [0.25, 0.3) is 0 Å². The van der Waals surface area contributed by atoms with Gasteiger partial charge in [-0.15, -0.1) is 0 Å². The summed E-state index contributed by atoms with van der Waals surface area (Å²) in [6.45, 7) is 6.26. The van der Waals surface area contributed by atoms with Gasteiger partial charge in [-0.25, -0.2) is 0 Å². The summed E-state index contributed by atoms with van der Waals surface area (Å²) in [5.74, 6) is 0. The summed E-state index contributed by atoms with van der Waals surface area (Å²) in [7, 11) is 0. The van der Waals surface area contributed by atoms with Crippen molar-refractivity contribution in [2.45, 2.75) is 27.2 Å². The van der Waals surface area contributed by atoms with Gasteiger partial charge in [-0.2, -0.15) is 0 Å². The van der Waals surface area contributed by atoms with E-state index >= 15 is 0 Å². The molecule has 0 atom stereocenters. The highest BCUT2D eigenvalue weighted by molar-refractivity contribution is 5.11. The van der Waals surface area contributed by atoms with Crippen molar-refractivity contribution in [2.24, 2.45) is 0 Å². The fourth-order valence-corrected chi connectivity index (χ4v) is 0.534. The Morgan fingerprint density at radius 1 is 1.00 bits per heavy atom. The Morgan fingerprint density at radius 3 is 1.50 bits per heavy atom. The molecule has 0 aliphatic carbocycles. The third kappa shape index (κ3) is 17.3. The van der Waals surface area contributed by atoms with E-state index < -0.39 is 0 Å². The third-order valence-corrected chi connectivity index (χ3v) is 1.16. The van der Waals surface area contributed by atoms with Crippen molar-refractivity contribution in [1.82, 2.24) is 0 Å². The van der Waals surface area contributed by atoms with Crippen LogP contribution in [0.1, 0.15) is 25.8 Å². The lowest BCUT2D eigenvalue weighted by Crippen LogP contribution is -1.69. The lowest BCUT2D eigenvalue weighted by atomic mass is 10.2. The largest absolute Gasteiger partial charge is 0.397 e. The van der Waals surface area contributed by atoms with Crippen LogP contribution in [0.2, 0.25) is 0 Å². The highest BCUT2D eigenvalue weighted by Gasteiger charge is 1.72. The summed E-state index contributed by atoms with van der Waals surface area (Å²) in [5, 5.41) is 15.4. The number of aliphatic hydroxyl groups is 2. The number of benzene rings is 1. The number of aryl methyl sites for hydroxylation is 1. The van der Waals surface area contributed by atoms with E-state index in [1.807, 2.05) is 25.1 Å². The van der Waals surface area contributed by atoms with E-state index in [9.17, 15) is 0 Å². The Hall–Kier alpha value is -0.860. The van der Waals surface area contributed by atoms with Crippen molar-refractivity contribution in [3.8, 4) is 0 Å². The maximum Gasteiger partial charge on any atom is 0.0428 e. The zero-order valence-electron chi connectivity index (χ0n) is 9.40. The van der Waals surface area contributed by atoms with Crippen molar-refractivity contribution in [3.63, 3.8) is 0 Å². The summed E-state index contributed by atoms with van der Waals surface area (Å²) in [5.41, 5.74) is 1.32. The highest BCUT2D eigenvalue weighted by atomic mass is 16.3. The van der Waals surface area contributed by atoms with Gasteiger partial charge in [-0.1, -0.05) is 42.8 Å². The normalized spacial score (nSPS) is 7.79. The number of hydrogen-bond acceptors (Lipinski definition) is 2. The van der Waals surface area contributed by atoms with E-state index in [1.54, 1.807) is 6.92 Å². The Labute approximate surface area is 87.2 Å². The predicted molar refractivity (Wildman–Crippen MR) is 61.3 cm³/mol. The number of rotatable bonds is 1. The fourth-order valence-electron chi connectivity index (χ4n) is 0.534. The molecule has 1 aromatic rings. The summed E-state index contributed by atoms with van der Waals surface area (Å²) in [6, 6.07) is 10.3. The minimum Gasteiger partial charge on any atom is -0.397 e. The first-order valence-electron chi connectivity index (χ1n) is 4.96. The molecule has 0 heterocycles. The lowest BCUT2D eigenvalue weighted by Gasteiger charge is -1.82. The second-order valence-electron chi connectivity index (χ2n) is 2.69. The van der Waals surface area contributed by atoms with E-state index in [-0.39, 0.29) is 6.61 Å². The van der Waals surface area contributed by atoms with Gasteiger partial charge < -0.3 is 10.2 Å². The summed E-state index contributed by atoms with van der Waals surface area (Å²) in [4.78, 5) is 0. The van der Waals surface area contributed by atoms with Gasteiger partial charge in [0.15, 0.2) is 0 Å². The van der Waals surface area contributed by atoms with Crippen LogP contribution in [0.3, 0.4) is 0 Å². The van der Waals surface area contributed by atoms with E-state index in [0.717, 1.165) is 6.42 Å². The number of hydrogen-bond donors (Lipinski definition) is 2. The second kappa shape index (κ2) is 14.7. The standard InChI is InChI=1S/C7H8.C3H8O.C2H6O/c1-7-5-3-2-4-6-7;1-2-3-4;1-2-3/h2-6H,1H3;4H,2-3H2,1H3;3H,2H2,1H3. The van der Waals surface area contributed by atoms with E-state index in [4.69, 9.17) is 10.2 Å². The van der Waals surface area contributed by atoms with Crippen LogP contribution in [0, 0.1) is 6.92 Å². The first-order chi connectivity index (χ1) is 6.72. The van der Waals surface area contributed by atoms with E-state index in [1.165, 1.54) is 5.56 Å². The fraction of sp³-hybridized carbons (Fsp3) is 0.500. The van der Waals surface area contributed by atoms with E-state index in [2.05, 4.69) is 19.1 Å². The second-order valence-corrected chi connectivity index (χ2v) is 2.69. The van der Waals surface area contributed by atoms with Crippen molar-refractivity contribution in [1.29, 1.82) is 0 Å². The Morgan fingerprint density at radius 2 is 1.36 bits per heavy atom. The van der Waals surface area contributed by atoms with Gasteiger partial charge in [-0.3, -0.25) is 0 Å². The molecule has 0 saturated carbocycles. The van der Waals surface area contributed by atoms with E-state index in [0.29, 0.717) is 6.61 Å². The lowest BCUT2D eigenvalue weighted by molar-refractivity contribution is 0.295. The van der Waals surface area contributed by atoms with Crippen LogP contribution in [-0.4, -0.2) is 23.4 Å². The minimum absolute atomic E-state index is 0.250. The molecule has 2 heteroatoms. The van der Waals surface area contributed by atoms with Gasteiger partial charge in [0.2, 0.25) is 0 Å². The molecule has 0 aliphatic rings. The maximum atomic E-state index is 7.88. The molecule has 0 aliphatic heterocycles. The van der Waals surface area contributed by atoms with Gasteiger partial charge >= 0.3 is 0 Å². The molecule has 14 heavy (non-hydrogen) atoms. The zero-order chi connectivity index (χ0) is 11.2. The predicted octanol–water partition coefficient (Wildman–Crippen LogP) is 2.38. The Balaban J connectivity index is 0. The van der Waals surface area contributed by atoms with Crippen LogP contribution in [0.15, 0.2) is 30.3 Å². The molecule has 1 aromatic carbocycles. The molecule has 1 rings (SSSR count). The van der Waals surface area contributed by atoms with Crippen LogP contribution in [-0.2, 0) is 0 Å². The van der Waals surface area contributed by atoms with Crippen molar-refractivity contribution < 1.29 is 10.2 Å². The third-order valence-electron chi connectivity index (χ3n) is 1.16. The Kier molecular flexibility index (Phi) is 16.3. The molecular weight excluding hydrogens is 176 g/mol. The average Bonchev–Trinajstić information content (AvgIpc) is 2.21. The molecule has 0 aromatic heterocycles. The van der Waals surface area contributed by atoms with Crippen molar-refractivity contribution in [2.75, 3.05) is 13.2 Å². The maximum absolute atomic E-state index is 7.88. The highest BCUT2D eigenvalue weighted by Crippen LogP contribution is 1.92. The van der Waals surface area contributed by atoms with Crippen molar-refractivity contribution in [3.05, 3.63) is 35.9 Å². The van der Waals surface area contributed by atoms with Crippen LogP contribution < -0.4 is 0 Å². The SMILES string of the molecule is CCCO.CCO.Cc1ccccc1. The molecule has 0 fully saturated rings. The zero-order valence-corrected chi connectivity index (χ0v) is 9.40. The average molecular weight is 198 g/mol. The molecule has 0 radical (unpaired) electrons. The molecule has 2 nitrogen and oxygen atoms in total. The summed E-state index contributed by atoms with van der Waals surface area (Å²) in [6.07, 6.45) is 0.875. The molecule has 0 amide bonds. The monoisotopic (exact) mass is 198 g/mol. The number of aliphatic hydroxyl groups excluding tert-OH is 2. The smallest absolute Gasteiger partial charge is 0.0428 e. The van der Waals surface area contributed by atoms with Crippen LogP contribution in [0.25, 0.3) is 0 Å². The summed E-state index contributed by atoms with van der Waals surface area (Å²) < 4.78 is 0. The first kappa shape index (κ1) is 15.6. The molecule has 0 saturated heterocycles. The van der Waals surface area contributed by atoms with Gasteiger partial charge in [-0.05, 0) is 20.3 Å². The molecule has 2 N–H and O–H groups in total. The molecule has 0 spiro atoms. The van der Waals surface area contributed by atoms with Crippen LogP contribution in [0.5, 0.6) is 0 Å². The molecule has 0 unspecified atom stereocenters.